The third kappa shape index (κ3) is 2.58. The number of nitriles is 1. The molecule has 0 bridgehead atoms. The molecule has 0 aliphatic rings. The molecule has 0 saturated carbocycles. The van der Waals surface area contributed by atoms with Gasteiger partial charge in [-0.2, -0.15) is 5.26 Å². The van der Waals surface area contributed by atoms with Crippen molar-refractivity contribution in [2.24, 2.45) is 0 Å². The quantitative estimate of drug-likeness (QED) is 0.581. The molecule has 1 aromatic carbocycles. The zero-order valence-corrected chi connectivity index (χ0v) is 9.45. The molecule has 0 saturated heterocycles. The van der Waals surface area contributed by atoms with Gasteiger partial charge in [-0.25, -0.2) is 0 Å². The summed E-state index contributed by atoms with van der Waals surface area (Å²) in [6, 6.07) is 7.56. The molecule has 0 aromatic heterocycles. The lowest BCUT2D eigenvalue weighted by Crippen LogP contribution is -2.27. The van der Waals surface area contributed by atoms with Gasteiger partial charge in [0.05, 0.1) is 16.6 Å². The number of amides is 1. The van der Waals surface area contributed by atoms with Crippen LogP contribution < -0.4 is 0 Å². The van der Waals surface area contributed by atoms with Gasteiger partial charge in [0.1, 0.15) is 0 Å². The monoisotopic (exact) mass is 233 g/mol. The van der Waals surface area contributed by atoms with Crippen LogP contribution in [0.3, 0.4) is 0 Å². The fraction of sp³-hybridized carbons (Fsp3) is 0.273. The molecule has 17 heavy (non-hydrogen) atoms. The Morgan fingerprint density at radius 1 is 1.47 bits per heavy atom. The van der Waals surface area contributed by atoms with Crippen LogP contribution in [0.25, 0.3) is 0 Å². The first-order chi connectivity index (χ1) is 7.99. The highest BCUT2D eigenvalue weighted by Crippen LogP contribution is 2.26. The van der Waals surface area contributed by atoms with Crippen LogP contribution in [0.2, 0.25) is 0 Å². The van der Waals surface area contributed by atoms with Gasteiger partial charge in [-0.3, -0.25) is 14.9 Å². The molecule has 88 valence electrons. The van der Waals surface area contributed by atoms with Crippen LogP contribution in [-0.4, -0.2) is 29.8 Å². The summed E-state index contributed by atoms with van der Waals surface area (Å²) in [5.74, 6) is -1.62. The first-order valence-corrected chi connectivity index (χ1v) is 4.83. The summed E-state index contributed by atoms with van der Waals surface area (Å²) in [6.07, 6.45) is 0. The lowest BCUT2D eigenvalue weighted by molar-refractivity contribution is -0.385. The lowest BCUT2D eigenvalue weighted by atomic mass is 9.97. The molecule has 0 aliphatic carbocycles. The second-order valence-electron chi connectivity index (χ2n) is 3.61. The van der Waals surface area contributed by atoms with Crippen molar-refractivity contribution < 1.29 is 9.72 Å². The molecule has 1 amide bonds. The highest BCUT2D eigenvalue weighted by Gasteiger charge is 2.28. The normalized spacial score (nSPS) is 11.4. The number of nitro groups is 1. The Labute approximate surface area is 98.2 Å². The van der Waals surface area contributed by atoms with Crippen LogP contribution in [0.1, 0.15) is 11.5 Å². The van der Waals surface area contributed by atoms with E-state index in [0.717, 1.165) is 0 Å². The van der Waals surface area contributed by atoms with Crippen LogP contribution in [0.15, 0.2) is 24.3 Å². The van der Waals surface area contributed by atoms with Crippen molar-refractivity contribution in [1.29, 1.82) is 5.26 Å². The largest absolute Gasteiger partial charge is 0.347 e. The Kier molecular flexibility index (Phi) is 3.78. The first kappa shape index (κ1) is 12.6. The fourth-order valence-electron chi connectivity index (χ4n) is 1.41. The molecule has 1 unspecified atom stereocenters. The number of benzene rings is 1. The van der Waals surface area contributed by atoms with E-state index < -0.39 is 16.7 Å². The summed E-state index contributed by atoms with van der Waals surface area (Å²) in [5, 5.41) is 19.8. The van der Waals surface area contributed by atoms with Crippen LogP contribution in [-0.2, 0) is 4.79 Å². The average molecular weight is 233 g/mol. The molecule has 0 spiro atoms. The Morgan fingerprint density at radius 3 is 2.53 bits per heavy atom. The Balaban J connectivity index is 3.27. The average Bonchev–Trinajstić information content (AvgIpc) is 2.30. The van der Waals surface area contributed by atoms with Crippen LogP contribution >= 0.6 is 0 Å². The van der Waals surface area contributed by atoms with E-state index in [1.54, 1.807) is 12.1 Å². The summed E-state index contributed by atoms with van der Waals surface area (Å²) >= 11 is 0. The van der Waals surface area contributed by atoms with Crippen molar-refractivity contribution in [2.75, 3.05) is 14.1 Å². The highest BCUT2D eigenvalue weighted by molar-refractivity contribution is 5.87. The number of rotatable bonds is 3. The Hall–Kier alpha value is -2.42. The third-order valence-corrected chi connectivity index (χ3v) is 2.26. The lowest BCUT2D eigenvalue weighted by Gasteiger charge is -2.14. The predicted molar refractivity (Wildman–Crippen MR) is 60.1 cm³/mol. The predicted octanol–water partition coefficient (Wildman–Crippen LogP) is 1.29. The molecule has 0 heterocycles. The molecule has 1 aromatic rings. The van der Waals surface area contributed by atoms with E-state index in [1.165, 1.54) is 37.2 Å². The van der Waals surface area contributed by atoms with Gasteiger partial charge in [-0.1, -0.05) is 18.2 Å². The summed E-state index contributed by atoms with van der Waals surface area (Å²) in [6.45, 7) is 0. The molecule has 0 radical (unpaired) electrons. The van der Waals surface area contributed by atoms with Gasteiger partial charge in [0.2, 0.25) is 5.91 Å². The van der Waals surface area contributed by atoms with Gasteiger partial charge in [0.25, 0.3) is 5.69 Å². The highest BCUT2D eigenvalue weighted by atomic mass is 16.6. The minimum atomic E-state index is -1.15. The second-order valence-corrected chi connectivity index (χ2v) is 3.61. The number of para-hydroxylation sites is 1. The molecule has 1 rings (SSSR count). The standard InChI is InChI=1S/C11H11N3O3/c1-13(2)11(15)9(7-12)8-5-3-4-6-10(8)14(16)17/h3-6,9H,1-2H3. The topological polar surface area (TPSA) is 87.2 Å². The number of hydrogen-bond donors (Lipinski definition) is 0. The molecular weight excluding hydrogens is 222 g/mol. The van der Waals surface area contributed by atoms with Gasteiger partial charge < -0.3 is 4.90 Å². The smallest absolute Gasteiger partial charge is 0.274 e. The van der Waals surface area contributed by atoms with E-state index in [1.807, 2.05) is 0 Å². The Bertz CT molecular complexity index is 491. The second kappa shape index (κ2) is 5.07. The minimum Gasteiger partial charge on any atom is -0.347 e. The van der Waals surface area contributed by atoms with Crippen LogP contribution in [0, 0.1) is 21.4 Å². The summed E-state index contributed by atoms with van der Waals surface area (Å²) in [4.78, 5) is 23.2. The van der Waals surface area contributed by atoms with Gasteiger partial charge in [-0.15, -0.1) is 0 Å². The number of nitro benzene ring substituents is 1. The SMILES string of the molecule is CN(C)C(=O)C(C#N)c1ccccc1[N+](=O)[O-]. The van der Waals surface area contributed by atoms with E-state index in [2.05, 4.69) is 0 Å². The minimum absolute atomic E-state index is 0.124. The van der Waals surface area contributed by atoms with E-state index in [9.17, 15) is 14.9 Å². The molecule has 1 atom stereocenters. The number of nitrogens with zero attached hydrogens (tertiary/aromatic N) is 3. The maximum absolute atomic E-state index is 11.7. The number of carbonyl (C=O) groups is 1. The summed E-state index contributed by atoms with van der Waals surface area (Å²) in [5.41, 5.74) is -0.0899. The fourth-order valence-corrected chi connectivity index (χ4v) is 1.41. The number of carbonyl (C=O) groups excluding carboxylic acids is 1. The maximum Gasteiger partial charge on any atom is 0.274 e. The maximum atomic E-state index is 11.7. The van der Waals surface area contributed by atoms with E-state index in [4.69, 9.17) is 5.26 Å². The Morgan fingerprint density at radius 2 is 2.06 bits per heavy atom. The van der Waals surface area contributed by atoms with Gasteiger partial charge in [-0.05, 0) is 0 Å². The van der Waals surface area contributed by atoms with E-state index >= 15 is 0 Å². The molecule has 0 fully saturated rings. The molecular formula is C11H11N3O3. The van der Waals surface area contributed by atoms with E-state index in [0.29, 0.717) is 0 Å². The van der Waals surface area contributed by atoms with Crippen molar-refractivity contribution in [3.05, 3.63) is 39.9 Å². The molecule has 0 aliphatic heterocycles. The molecule has 6 nitrogen and oxygen atoms in total. The zero-order chi connectivity index (χ0) is 13.0. The summed E-state index contributed by atoms with van der Waals surface area (Å²) < 4.78 is 0. The van der Waals surface area contributed by atoms with Crippen molar-refractivity contribution in [2.45, 2.75) is 5.92 Å². The van der Waals surface area contributed by atoms with Crippen LogP contribution in [0.5, 0.6) is 0 Å². The molecule has 0 N–H and O–H groups in total. The number of likely N-dealkylation sites (N-methyl/N-ethyl adjacent to an activating group) is 1. The zero-order valence-electron chi connectivity index (χ0n) is 9.45. The first-order valence-electron chi connectivity index (χ1n) is 4.83. The van der Waals surface area contributed by atoms with Crippen molar-refractivity contribution in [1.82, 2.24) is 4.90 Å². The van der Waals surface area contributed by atoms with Crippen molar-refractivity contribution in [3.8, 4) is 6.07 Å². The summed E-state index contributed by atoms with van der Waals surface area (Å²) in [7, 11) is 3.00. The van der Waals surface area contributed by atoms with Crippen LogP contribution in [0.4, 0.5) is 5.69 Å². The van der Waals surface area contributed by atoms with Gasteiger partial charge in [0.15, 0.2) is 5.92 Å². The number of hydrogen-bond acceptors (Lipinski definition) is 4. The van der Waals surface area contributed by atoms with Gasteiger partial charge >= 0.3 is 0 Å². The van der Waals surface area contributed by atoms with Crippen molar-refractivity contribution >= 4 is 11.6 Å². The third-order valence-electron chi connectivity index (χ3n) is 2.26. The molecule has 6 heteroatoms. The van der Waals surface area contributed by atoms with E-state index in [-0.39, 0.29) is 11.3 Å². The van der Waals surface area contributed by atoms with Crippen molar-refractivity contribution in [3.63, 3.8) is 0 Å². The van der Waals surface area contributed by atoms with Gasteiger partial charge in [0, 0.05) is 20.2 Å².